The van der Waals surface area contributed by atoms with Gasteiger partial charge in [0.05, 0.1) is 28.4 Å². The maximum atomic E-state index is 10.8. The van der Waals surface area contributed by atoms with E-state index in [-0.39, 0.29) is 17.2 Å². The summed E-state index contributed by atoms with van der Waals surface area (Å²) in [5, 5.41) is 20.9. The number of aromatic hydroxyl groups is 1. The summed E-state index contributed by atoms with van der Waals surface area (Å²) in [6.45, 7) is 3.64. The van der Waals surface area contributed by atoms with Crippen LogP contribution in [0.25, 0.3) is 6.08 Å². The third-order valence-corrected chi connectivity index (χ3v) is 4.43. The maximum Gasteiger partial charge on any atom is 0.203 e. The highest BCUT2D eigenvalue weighted by Gasteiger charge is 2.25. The minimum Gasteiger partial charge on any atom is -0.502 e. The van der Waals surface area contributed by atoms with Crippen molar-refractivity contribution in [1.29, 1.82) is 0 Å². The molecule has 0 aromatic heterocycles. The van der Waals surface area contributed by atoms with Gasteiger partial charge in [0.15, 0.2) is 23.0 Å². The van der Waals surface area contributed by atoms with Gasteiger partial charge in [0.1, 0.15) is 12.2 Å². The number of benzene rings is 2. The zero-order valence-corrected chi connectivity index (χ0v) is 17.6. The molecule has 0 heterocycles. The van der Waals surface area contributed by atoms with Crippen LogP contribution >= 0.6 is 0 Å². The van der Waals surface area contributed by atoms with Crippen LogP contribution in [0.1, 0.15) is 31.1 Å². The molecule has 7 heteroatoms. The Morgan fingerprint density at radius 2 is 1.31 bits per heavy atom. The second-order valence-corrected chi connectivity index (χ2v) is 6.30. The molecule has 2 rings (SSSR count). The Bertz CT molecular complexity index is 810. The molecule has 7 nitrogen and oxygen atoms in total. The Morgan fingerprint density at radius 1 is 0.828 bits per heavy atom. The fourth-order valence-corrected chi connectivity index (χ4v) is 2.91. The minimum atomic E-state index is -1.04. The van der Waals surface area contributed by atoms with Gasteiger partial charge in [-0.3, -0.25) is 0 Å². The first-order valence-corrected chi connectivity index (χ1v) is 9.08. The molecule has 0 saturated heterocycles. The van der Waals surface area contributed by atoms with E-state index >= 15 is 0 Å². The molecule has 0 amide bonds. The molecule has 2 unspecified atom stereocenters. The van der Waals surface area contributed by atoms with Crippen LogP contribution in [0.5, 0.6) is 34.5 Å². The van der Waals surface area contributed by atoms with E-state index in [0.29, 0.717) is 22.8 Å². The van der Waals surface area contributed by atoms with Crippen molar-refractivity contribution in [2.24, 2.45) is 0 Å². The number of methoxy groups -OCH3 is 4. The number of ether oxygens (including phenoxy) is 5. The Labute approximate surface area is 171 Å². The Kier molecular flexibility index (Phi) is 7.61. The minimum absolute atomic E-state index is 0.137. The Morgan fingerprint density at radius 3 is 1.72 bits per heavy atom. The fourth-order valence-electron chi connectivity index (χ4n) is 2.91. The molecule has 29 heavy (non-hydrogen) atoms. The smallest absolute Gasteiger partial charge is 0.203 e. The molecule has 0 aliphatic rings. The number of phenols is 1. The Balaban J connectivity index is 2.38. The number of aliphatic hydroxyl groups is 1. The highest BCUT2D eigenvalue weighted by Crippen LogP contribution is 2.42. The lowest BCUT2D eigenvalue weighted by Gasteiger charge is -2.24. The average Bonchev–Trinajstić information content (AvgIpc) is 2.74. The van der Waals surface area contributed by atoms with Gasteiger partial charge in [-0.15, -0.1) is 0 Å². The largest absolute Gasteiger partial charge is 0.502 e. The van der Waals surface area contributed by atoms with E-state index in [0.717, 1.165) is 5.56 Å². The van der Waals surface area contributed by atoms with E-state index in [1.54, 1.807) is 6.92 Å². The first kappa shape index (κ1) is 22.2. The van der Waals surface area contributed by atoms with E-state index in [9.17, 15) is 10.2 Å². The molecular weight excluding hydrogens is 376 g/mol. The lowest BCUT2D eigenvalue weighted by Crippen LogP contribution is -2.22. The third-order valence-electron chi connectivity index (χ3n) is 4.43. The van der Waals surface area contributed by atoms with Gasteiger partial charge in [0, 0.05) is 0 Å². The van der Waals surface area contributed by atoms with Crippen molar-refractivity contribution in [1.82, 2.24) is 0 Å². The standard InChI is InChI=1S/C22H28O7/c1-7-8-14-9-18(27-5)22(19(10-14)28-6)29-13(2)20(23)15-11-16(25-3)21(24)17(12-15)26-4/h7-13,20,23-24H,1-6H3. The number of hydrogen-bond donors (Lipinski definition) is 2. The van der Waals surface area contributed by atoms with Crippen LogP contribution in [0, 0.1) is 0 Å². The molecule has 0 aliphatic carbocycles. The lowest BCUT2D eigenvalue weighted by atomic mass is 10.0. The monoisotopic (exact) mass is 404 g/mol. The summed E-state index contributed by atoms with van der Waals surface area (Å²) in [5.41, 5.74) is 1.36. The molecule has 2 aromatic rings. The fraction of sp³-hybridized carbons (Fsp3) is 0.364. The number of aliphatic hydroxyl groups excluding tert-OH is 1. The SMILES string of the molecule is CC=Cc1cc(OC)c(OC(C)C(O)c2cc(OC)c(O)c(OC)c2)c(OC)c1. The molecule has 0 radical (unpaired) electrons. The zero-order chi connectivity index (χ0) is 21.6. The van der Waals surface area contributed by atoms with Crippen molar-refractivity contribution in [2.75, 3.05) is 28.4 Å². The molecular formula is C22H28O7. The van der Waals surface area contributed by atoms with E-state index in [2.05, 4.69) is 0 Å². The van der Waals surface area contributed by atoms with Crippen molar-refractivity contribution in [3.8, 4) is 34.5 Å². The number of rotatable bonds is 9. The van der Waals surface area contributed by atoms with Gasteiger partial charge >= 0.3 is 0 Å². The summed E-state index contributed by atoms with van der Waals surface area (Å²) in [5.74, 6) is 1.60. The van der Waals surface area contributed by atoms with Crippen molar-refractivity contribution >= 4 is 6.08 Å². The van der Waals surface area contributed by atoms with Gasteiger partial charge in [-0.05, 0) is 49.2 Å². The van der Waals surface area contributed by atoms with Crippen LogP contribution in [-0.4, -0.2) is 44.8 Å². The predicted molar refractivity (Wildman–Crippen MR) is 111 cm³/mol. The van der Waals surface area contributed by atoms with E-state index in [1.165, 1.54) is 40.6 Å². The number of hydrogen-bond acceptors (Lipinski definition) is 7. The molecule has 2 aromatic carbocycles. The van der Waals surface area contributed by atoms with E-state index < -0.39 is 12.2 Å². The van der Waals surface area contributed by atoms with Crippen LogP contribution in [-0.2, 0) is 0 Å². The predicted octanol–water partition coefficient (Wildman–Crippen LogP) is 3.96. The van der Waals surface area contributed by atoms with Crippen LogP contribution in [0.4, 0.5) is 0 Å². The van der Waals surface area contributed by atoms with Gasteiger partial charge in [0.25, 0.3) is 0 Å². The number of allylic oxidation sites excluding steroid dienone is 1. The van der Waals surface area contributed by atoms with Crippen molar-refractivity contribution in [3.63, 3.8) is 0 Å². The summed E-state index contributed by atoms with van der Waals surface area (Å²) in [6.07, 6.45) is 2.11. The summed E-state index contributed by atoms with van der Waals surface area (Å²) < 4.78 is 27.2. The second kappa shape index (κ2) is 9.93. The third kappa shape index (κ3) is 4.86. The van der Waals surface area contributed by atoms with Crippen molar-refractivity contribution < 1.29 is 33.9 Å². The Hall–Kier alpha value is -3.06. The van der Waals surface area contributed by atoms with Gasteiger partial charge in [-0.2, -0.15) is 0 Å². The normalized spacial score (nSPS) is 13.1. The topological polar surface area (TPSA) is 86.6 Å². The molecule has 0 saturated carbocycles. The summed E-state index contributed by atoms with van der Waals surface area (Å²) >= 11 is 0. The van der Waals surface area contributed by atoms with Crippen LogP contribution in [0.2, 0.25) is 0 Å². The van der Waals surface area contributed by atoms with Gasteiger partial charge in [-0.25, -0.2) is 0 Å². The van der Waals surface area contributed by atoms with Crippen LogP contribution in [0.3, 0.4) is 0 Å². The molecule has 2 atom stereocenters. The molecule has 0 bridgehead atoms. The highest BCUT2D eigenvalue weighted by molar-refractivity contribution is 5.62. The van der Waals surface area contributed by atoms with E-state index in [1.807, 2.05) is 31.2 Å². The van der Waals surface area contributed by atoms with Crippen molar-refractivity contribution in [2.45, 2.75) is 26.1 Å². The first-order chi connectivity index (χ1) is 13.9. The first-order valence-electron chi connectivity index (χ1n) is 9.08. The summed E-state index contributed by atoms with van der Waals surface area (Å²) in [7, 11) is 5.93. The quantitative estimate of drug-likeness (QED) is 0.654. The van der Waals surface area contributed by atoms with Gasteiger partial charge in [-0.1, -0.05) is 12.2 Å². The molecule has 0 fully saturated rings. The molecule has 158 valence electrons. The zero-order valence-electron chi connectivity index (χ0n) is 17.6. The number of phenolic OH excluding ortho intramolecular Hbond substituents is 1. The lowest BCUT2D eigenvalue weighted by molar-refractivity contribution is 0.0431. The average molecular weight is 404 g/mol. The summed E-state index contributed by atoms with van der Waals surface area (Å²) in [4.78, 5) is 0. The van der Waals surface area contributed by atoms with E-state index in [4.69, 9.17) is 23.7 Å². The summed E-state index contributed by atoms with van der Waals surface area (Å²) in [6, 6.07) is 6.71. The van der Waals surface area contributed by atoms with Gasteiger partial charge in [0.2, 0.25) is 11.5 Å². The molecule has 0 aliphatic heterocycles. The molecule has 2 N–H and O–H groups in total. The van der Waals surface area contributed by atoms with Gasteiger partial charge < -0.3 is 33.9 Å². The second-order valence-electron chi connectivity index (χ2n) is 6.30. The highest BCUT2D eigenvalue weighted by atomic mass is 16.5. The maximum absolute atomic E-state index is 10.8. The van der Waals surface area contributed by atoms with Crippen LogP contribution < -0.4 is 23.7 Å². The molecule has 0 spiro atoms. The van der Waals surface area contributed by atoms with Crippen LogP contribution in [0.15, 0.2) is 30.3 Å². The van der Waals surface area contributed by atoms with Crippen molar-refractivity contribution in [3.05, 3.63) is 41.5 Å².